The first-order chi connectivity index (χ1) is 18.0. The lowest BCUT2D eigenvalue weighted by Crippen LogP contribution is -2.43. The lowest BCUT2D eigenvalue weighted by atomic mass is 9.96. The fraction of sp³-hybridized carbons (Fsp3) is 0.111. The number of rotatable bonds is 6. The van der Waals surface area contributed by atoms with Crippen LogP contribution in [0.4, 0.5) is 0 Å². The zero-order valence-corrected chi connectivity index (χ0v) is 20.8. The minimum Gasteiger partial charge on any atom is -0.268 e. The predicted molar refractivity (Wildman–Crippen MR) is 143 cm³/mol. The molecule has 0 aliphatic rings. The summed E-state index contributed by atoms with van der Waals surface area (Å²) in [5.41, 5.74) is 7.57. The van der Waals surface area contributed by atoms with Crippen molar-refractivity contribution in [3.8, 4) is 34.2 Å². The zero-order valence-electron chi connectivity index (χ0n) is 20.8. The maximum Gasteiger partial charge on any atom is 0.568 e. The first-order valence-electron chi connectivity index (χ1n) is 12.0. The van der Waals surface area contributed by atoms with E-state index in [1.54, 1.807) is 0 Å². The minimum atomic E-state index is -0.490. The van der Waals surface area contributed by atoms with Gasteiger partial charge in [-0.3, -0.25) is 28.7 Å². The Bertz CT molecular complexity index is 1500. The first kappa shape index (κ1) is 22.6. The Morgan fingerprint density at radius 2 is 0.757 bits per heavy atom. The predicted octanol–water partition coefficient (Wildman–Crippen LogP) is 4.32. The summed E-state index contributed by atoms with van der Waals surface area (Å²) < 4.78 is 5.50. The molecular weight excluding hydrogens is 461 g/mol. The van der Waals surface area contributed by atoms with Crippen LogP contribution in [-0.2, 0) is 0 Å². The summed E-state index contributed by atoms with van der Waals surface area (Å²) in [6, 6.07) is 23.6. The van der Waals surface area contributed by atoms with Crippen LogP contribution in [0, 0.1) is 20.8 Å². The normalized spacial score (nSPS) is 11.1. The molecule has 0 aliphatic carbocycles. The molecule has 0 saturated carbocycles. The maximum atomic E-state index is 4.87. The second kappa shape index (κ2) is 9.31. The molecular formula is C27H24BN9. The molecule has 0 unspecified atom stereocenters. The fourth-order valence-corrected chi connectivity index (χ4v) is 4.23. The summed E-state index contributed by atoms with van der Waals surface area (Å²) in [7, 11) is -0.490. The highest BCUT2D eigenvalue weighted by molar-refractivity contribution is 6.52. The third-order valence-corrected chi connectivity index (χ3v) is 5.99. The molecule has 9 nitrogen and oxygen atoms in total. The summed E-state index contributed by atoms with van der Waals surface area (Å²) in [6.45, 7) is 5.91. The molecule has 0 N–H and O–H groups in total. The Morgan fingerprint density at radius 1 is 0.432 bits per heavy atom. The second-order valence-corrected chi connectivity index (χ2v) is 8.88. The molecule has 0 atom stereocenters. The smallest absolute Gasteiger partial charge is 0.268 e. The van der Waals surface area contributed by atoms with E-state index in [4.69, 9.17) is 15.3 Å². The van der Waals surface area contributed by atoms with Crippen molar-refractivity contribution in [3.63, 3.8) is 0 Å². The number of hydrogen-bond donors (Lipinski definition) is 0. The summed E-state index contributed by atoms with van der Waals surface area (Å²) in [5, 5.41) is 14.6. The van der Waals surface area contributed by atoms with Gasteiger partial charge in [-0.05, 0) is 75.4 Å². The van der Waals surface area contributed by atoms with Gasteiger partial charge < -0.3 is 0 Å². The maximum absolute atomic E-state index is 4.87. The molecule has 6 heterocycles. The van der Waals surface area contributed by atoms with E-state index in [-0.39, 0.29) is 0 Å². The van der Waals surface area contributed by atoms with Crippen LogP contribution in [0.25, 0.3) is 34.2 Å². The molecule has 0 aromatic carbocycles. The molecule has 0 radical (unpaired) electrons. The topological polar surface area (TPSA) is 92.1 Å². The van der Waals surface area contributed by atoms with Gasteiger partial charge in [-0.2, -0.15) is 15.3 Å². The minimum absolute atomic E-state index is 0.490. The van der Waals surface area contributed by atoms with Crippen molar-refractivity contribution in [1.29, 1.82) is 0 Å². The van der Waals surface area contributed by atoms with Gasteiger partial charge >= 0.3 is 7.12 Å². The van der Waals surface area contributed by atoms with Crippen LogP contribution in [0.5, 0.6) is 0 Å². The SMILES string of the molecule is Cc1cccc(-c2ccn(B(n3ccc(-c4cccc(C)n4)n3)n3ccc(-c4cccc(C)n4)n3)n2)n1. The lowest BCUT2D eigenvalue weighted by Gasteiger charge is -2.13. The first-order valence-corrected chi connectivity index (χ1v) is 12.0. The number of aryl methyl sites for hydroxylation is 3. The van der Waals surface area contributed by atoms with Crippen molar-refractivity contribution >= 4 is 7.12 Å². The summed E-state index contributed by atoms with van der Waals surface area (Å²) in [4.78, 5) is 13.9. The summed E-state index contributed by atoms with van der Waals surface area (Å²) >= 11 is 0. The van der Waals surface area contributed by atoms with Crippen LogP contribution >= 0.6 is 0 Å². The van der Waals surface area contributed by atoms with Crippen LogP contribution < -0.4 is 0 Å². The van der Waals surface area contributed by atoms with Gasteiger partial charge in [0.15, 0.2) is 0 Å². The molecule has 0 fully saturated rings. The molecule has 37 heavy (non-hydrogen) atoms. The van der Waals surface area contributed by atoms with E-state index in [1.165, 1.54) is 0 Å². The standard InChI is InChI=1S/C27H24BN9/c1-19-7-4-10-22(29-19)25-13-16-35(32-25)28(36-17-14-26(33-36)23-11-5-8-20(2)30-23)37-18-15-27(34-37)24-12-6-9-21(3)31-24/h4-18H,1-3H3. The van der Waals surface area contributed by atoms with E-state index in [1.807, 2.05) is 126 Å². The van der Waals surface area contributed by atoms with E-state index >= 15 is 0 Å². The molecule has 6 aromatic rings. The quantitative estimate of drug-likeness (QED) is 0.327. The fourth-order valence-electron chi connectivity index (χ4n) is 4.23. The average Bonchev–Trinajstić information content (AvgIpc) is 3.67. The summed E-state index contributed by atoms with van der Waals surface area (Å²) in [5.74, 6) is 0. The van der Waals surface area contributed by atoms with Crippen molar-refractivity contribution < 1.29 is 0 Å². The molecule has 0 bridgehead atoms. The monoisotopic (exact) mass is 485 g/mol. The van der Waals surface area contributed by atoms with Gasteiger partial charge in [0.1, 0.15) is 17.1 Å². The van der Waals surface area contributed by atoms with E-state index in [0.29, 0.717) is 0 Å². The Morgan fingerprint density at radius 3 is 1.05 bits per heavy atom. The van der Waals surface area contributed by atoms with Gasteiger partial charge in [-0.25, -0.2) is 0 Å². The van der Waals surface area contributed by atoms with Crippen molar-refractivity contribution in [3.05, 3.63) is 108 Å². The average molecular weight is 485 g/mol. The van der Waals surface area contributed by atoms with Crippen LogP contribution in [0.15, 0.2) is 91.4 Å². The third-order valence-electron chi connectivity index (χ3n) is 5.99. The van der Waals surface area contributed by atoms with Gasteiger partial charge in [0.25, 0.3) is 0 Å². The van der Waals surface area contributed by atoms with Crippen molar-refractivity contribution in [2.75, 3.05) is 0 Å². The third kappa shape index (κ3) is 4.56. The number of pyridine rings is 3. The number of aromatic nitrogens is 9. The highest BCUT2D eigenvalue weighted by Crippen LogP contribution is 2.19. The molecule has 0 aliphatic heterocycles. The van der Waals surface area contributed by atoms with Crippen molar-refractivity contribution in [2.45, 2.75) is 20.8 Å². The van der Waals surface area contributed by atoms with Gasteiger partial charge in [0.2, 0.25) is 0 Å². The Kier molecular flexibility index (Phi) is 5.68. The molecule has 10 heteroatoms. The van der Waals surface area contributed by atoms with Gasteiger partial charge in [0, 0.05) is 35.7 Å². The molecule has 180 valence electrons. The highest BCUT2D eigenvalue weighted by Gasteiger charge is 2.29. The van der Waals surface area contributed by atoms with Gasteiger partial charge in [-0.1, -0.05) is 18.2 Å². The molecule has 0 amide bonds. The number of nitrogens with zero attached hydrogens (tertiary/aromatic N) is 9. The summed E-state index contributed by atoms with van der Waals surface area (Å²) in [6.07, 6.45) is 5.76. The largest absolute Gasteiger partial charge is 0.568 e. The highest BCUT2D eigenvalue weighted by atomic mass is 15.4. The van der Waals surface area contributed by atoms with Crippen molar-refractivity contribution in [1.82, 2.24) is 44.0 Å². The molecule has 6 rings (SSSR count). The number of hydrogen-bond acceptors (Lipinski definition) is 6. The van der Waals surface area contributed by atoms with Crippen LogP contribution in [0.2, 0.25) is 0 Å². The van der Waals surface area contributed by atoms with E-state index in [0.717, 1.165) is 51.2 Å². The van der Waals surface area contributed by atoms with Crippen LogP contribution in [0.1, 0.15) is 17.1 Å². The van der Waals surface area contributed by atoms with Gasteiger partial charge in [0.05, 0.1) is 17.1 Å². The van der Waals surface area contributed by atoms with Crippen LogP contribution in [0.3, 0.4) is 0 Å². The van der Waals surface area contributed by atoms with Crippen molar-refractivity contribution in [2.24, 2.45) is 0 Å². The Hall–Kier alpha value is -4.86. The van der Waals surface area contributed by atoms with Crippen LogP contribution in [-0.4, -0.2) is 51.1 Å². The van der Waals surface area contributed by atoms with E-state index in [9.17, 15) is 0 Å². The van der Waals surface area contributed by atoms with E-state index in [2.05, 4.69) is 15.0 Å². The lowest BCUT2D eigenvalue weighted by molar-refractivity contribution is 0.774. The Labute approximate surface area is 214 Å². The molecule has 6 aromatic heterocycles. The van der Waals surface area contributed by atoms with E-state index < -0.39 is 7.12 Å². The zero-order chi connectivity index (χ0) is 25.4. The molecule has 0 spiro atoms. The molecule has 0 saturated heterocycles. The second-order valence-electron chi connectivity index (χ2n) is 8.88. The Balaban J connectivity index is 1.43. The van der Waals surface area contributed by atoms with Gasteiger partial charge in [-0.15, -0.1) is 0 Å².